The van der Waals surface area contributed by atoms with Gasteiger partial charge in [-0.15, -0.1) is 0 Å². The van der Waals surface area contributed by atoms with Gasteiger partial charge in [0.05, 0.1) is 27.7 Å². The largest absolute Gasteiger partial charge is 0.756 e. The van der Waals surface area contributed by atoms with Crippen LogP contribution in [0.2, 0.25) is 0 Å². The lowest BCUT2D eigenvalue weighted by Crippen LogP contribution is -2.37. The molecule has 2 atom stereocenters. The van der Waals surface area contributed by atoms with Crippen LogP contribution in [-0.4, -0.2) is 70.0 Å². The number of hydrogen-bond acceptors (Lipinski definition) is 8. The Kier molecular flexibility index (Phi) is 30.9. The van der Waals surface area contributed by atoms with Crippen molar-refractivity contribution in [3.8, 4) is 0 Å². The summed E-state index contributed by atoms with van der Waals surface area (Å²) in [6, 6.07) is 0. The first-order valence-electron chi connectivity index (χ1n) is 19.4. The van der Waals surface area contributed by atoms with E-state index in [2.05, 4.69) is 26.0 Å². The minimum Gasteiger partial charge on any atom is -0.756 e. The number of ether oxygens (including phenoxy) is 2. The van der Waals surface area contributed by atoms with Crippen LogP contribution in [0.15, 0.2) is 12.2 Å². The van der Waals surface area contributed by atoms with E-state index < -0.39 is 32.5 Å². The molecule has 0 N–H and O–H groups in total. The van der Waals surface area contributed by atoms with E-state index in [0.29, 0.717) is 17.4 Å². The minimum absolute atomic E-state index is 0.0295. The van der Waals surface area contributed by atoms with E-state index in [4.69, 9.17) is 18.5 Å². The Hall–Kier alpha value is -1.25. The Morgan fingerprint density at radius 2 is 1.06 bits per heavy atom. The van der Waals surface area contributed by atoms with Crippen LogP contribution in [0.25, 0.3) is 0 Å². The first kappa shape index (κ1) is 46.8. The molecule has 0 aromatic heterocycles. The molecular weight excluding hydrogens is 629 g/mol. The molecule has 0 aliphatic carbocycles. The highest BCUT2D eigenvalue weighted by molar-refractivity contribution is 7.45. The van der Waals surface area contributed by atoms with Gasteiger partial charge in [0, 0.05) is 12.8 Å². The Balaban J connectivity index is 4.39. The van der Waals surface area contributed by atoms with Gasteiger partial charge in [-0.1, -0.05) is 129 Å². The fourth-order valence-corrected chi connectivity index (χ4v) is 5.91. The average Bonchev–Trinajstić information content (AvgIpc) is 3.02. The molecule has 0 amide bonds. The number of hydrogen-bond donors (Lipinski definition) is 0. The highest BCUT2D eigenvalue weighted by Crippen LogP contribution is 2.38. The van der Waals surface area contributed by atoms with Gasteiger partial charge in [0.15, 0.2) is 6.10 Å². The van der Waals surface area contributed by atoms with Gasteiger partial charge in [0.25, 0.3) is 7.82 Å². The summed E-state index contributed by atoms with van der Waals surface area (Å²) in [5.74, 6) is -0.844. The summed E-state index contributed by atoms with van der Waals surface area (Å²) in [5.41, 5.74) is 0. The standard InChI is InChI=1S/C38H74NO8P/c1-6-8-10-12-14-16-17-18-19-20-21-23-24-26-28-30-37(40)44-34-36(35-46-48(42,43)45-33-32-39(3,4)5)47-38(41)31-29-27-25-22-15-13-11-9-7-2/h18-19,36H,6-17,20-35H2,1-5H3/b19-18+/t36-/m0/s1. The maximum absolute atomic E-state index is 12.5. The van der Waals surface area contributed by atoms with Gasteiger partial charge in [0.2, 0.25) is 0 Å². The molecule has 0 saturated heterocycles. The fourth-order valence-electron chi connectivity index (χ4n) is 5.18. The van der Waals surface area contributed by atoms with Crippen LogP contribution < -0.4 is 4.89 Å². The zero-order chi connectivity index (χ0) is 35.8. The van der Waals surface area contributed by atoms with E-state index in [1.165, 1.54) is 77.0 Å². The second-order valence-electron chi connectivity index (χ2n) is 14.3. The third-order valence-corrected chi connectivity index (χ3v) is 9.25. The molecule has 48 heavy (non-hydrogen) atoms. The molecule has 0 aromatic carbocycles. The van der Waals surface area contributed by atoms with Crippen molar-refractivity contribution < 1.29 is 42.1 Å². The van der Waals surface area contributed by atoms with E-state index in [0.717, 1.165) is 57.8 Å². The highest BCUT2D eigenvalue weighted by Gasteiger charge is 2.21. The monoisotopic (exact) mass is 704 g/mol. The van der Waals surface area contributed by atoms with Crippen LogP contribution >= 0.6 is 7.82 Å². The molecule has 0 heterocycles. The average molecular weight is 704 g/mol. The van der Waals surface area contributed by atoms with Gasteiger partial charge in [-0.2, -0.15) is 0 Å². The van der Waals surface area contributed by atoms with Crippen LogP contribution in [-0.2, 0) is 32.7 Å². The number of carbonyl (C=O) groups excluding carboxylic acids is 2. The van der Waals surface area contributed by atoms with Crippen LogP contribution in [0.3, 0.4) is 0 Å². The summed E-state index contributed by atoms with van der Waals surface area (Å²) < 4.78 is 33.7. The van der Waals surface area contributed by atoms with E-state index in [9.17, 15) is 19.0 Å². The Labute approximate surface area is 295 Å². The maximum atomic E-state index is 12.5. The molecule has 0 rings (SSSR count). The van der Waals surface area contributed by atoms with Crippen molar-refractivity contribution in [2.45, 2.75) is 174 Å². The van der Waals surface area contributed by atoms with Crippen LogP contribution in [0, 0.1) is 0 Å². The molecule has 0 aromatic rings. The normalized spacial score (nSPS) is 13.9. The minimum atomic E-state index is -4.61. The van der Waals surface area contributed by atoms with E-state index >= 15 is 0 Å². The molecular formula is C38H74NO8P. The summed E-state index contributed by atoms with van der Waals surface area (Å²) >= 11 is 0. The van der Waals surface area contributed by atoms with Gasteiger partial charge in [-0.05, 0) is 38.5 Å². The lowest BCUT2D eigenvalue weighted by Gasteiger charge is -2.28. The molecule has 284 valence electrons. The number of unbranched alkanes of at least 4 members (excludes halogenated alkanes) is 19. The predicted molar refractivity (Wildman–Crippen MR) is 195 cm³/mol. The zero-order valence-electron chi connectivity index (χ0n) is 31.7. The Bertz CT molecular complexity index is 845. The van der Waals surface area contributed by atoms with Crippen molar-refractivity contribution in [2.75, 3.05) is 47.5 Å². The maximum Gasteiger partial charge on any atom is 0.306 e. The molecule has 1 unspecified atom stereocenters. The number of likely N-dealkylation sites (N-methyl/N-ethyl adjacent to an activating group) is 1. The predicted octanol–water partition coefficient (Wildman–Crippen LogP) is 9.61. The number of phosphoric ester groups is 1. The number of allylic oxidation sites excluding steroid dienone is 2. The molecule has 0 radical (unpaired) electrons. The van der Waals surface area contributed by atoms with Crippen molar-refractivity contribution in [1.29, 1.82) is 0 Å². The second-order valence-corrected chi connectivity index (χ2v) is 15.7. The fraction of sp³-hybridized carbons (Fsp3) is 0.895. The number of quaternary nitrogens is 1. The third-order valence-electron chi connectivity index (χ3n) is 8.29. The van der Waals surface area contributed by atoms with Crippen LogP contribution in [0.5, 0.6) is 0 Å². The zero-order valence-corrected chi connectivity index (χ0v) is 32.6. The molecule has 0 spiro atoms. The molecule has 0 aliphatic rings. The molecule has 10 heteroatoms. The number of nitrogens with zero attached hydrogens (tertiary/aromatic N) is 1. The van der Waals surface area contributed by atoms with Crippen molar-refractivity contribution in [1.82, 2.24) is 0 Å². The molecule has 0 aliphatic heterocycles. The van der Waals surface area contributed by atoms with Gasteiger partial charge in [-0.3, -0.25) is 14.2 Å². The first-order valence-corrected chi connectivity index (χ1v) is 20.9. The number of esters is 2. The lowest BCUT2D eigenvalue weighted by atomic mass is 10.1. The van der Waals surface area contributed by atoms with Gasteiger partial charge >= 0.3 is 11.9 Å². The summed E-state index contributed by atoms with van der Waals surface area (Å²) in [4.78, 5) is 37.2. The molecule has 0 saturated carbocycles. The first-order chi connectivity index (χ1) is 23.0. The Morgan fingerprint density at radius 1 is 0.625 bits per heavy atom. The van der Waals surface area contributed by atoms with Gasteiger partial charge in [0.1, 0.15) is 19.8 Å². The van der Waals surface area contributed by atoms with Crippen LogP contribution in [0.4, 0.5) is 0 Å². The van der Waals surface area contributed by atoms with Gasteiger partial charge < -0.3 is 27.9 Å². The van der Waals surface area contributed by atoms with Crippen molar-refractivity contribution in [3.63, 3.8) is 0 Å². The third kappa shape index (κ3) is 34.6. The van der Waals surface area contributed by atoms with E-state index in [-0.39, 0.29) is 26.1 Å². The second kappa shape index (κ2) is 31.7. The highest BCUT2D eigenvalue weighted by atomic mass is 31.2. The van der Waals surface area contributed by atoms with Crippen LogP contribution in [0.1, 0.15) is 168 Å². The summed E-state index contributed by atoms with van der Waals surface area (Å²) in [6.07, 6.45) is 29.6. The number of rotatable bonds is 35. The molecule has 9 nitrogen and oxygen atoms in total. The van der Waals surface area contributed by atoms with Gasteiger partial charge in [-0.25, -0.2) is 0 Å². The van der Waals surface area contributed by atoms with Crippen molar-refractivity contribution >= 4 is 19.8 Å². The molecule has 0 bridgehead atoms. The summed E-state index contributed by atoms with van der Waals surface area (Å²) in [5, 5.41) is 0. The number of phosphoric acid groups is 1. The Morgan fingerprint density at radius 3 is 1.54 bits per heavy atom. The molecule has 0 fully saturated rings. The SMILES string of the molecule is CCCCCCCC/C=C/CCCCCCCC(=O)OC[C@@H](COP(=O)([O-])OCC[N+](C)(C)C)OC(=O)CCCCCCCCCCC. The van der Waals surface area contributed by atoms with E-state index in [1.54, 1.807) is 0 Å². The quantitative estimate of drug-likeness (QED) is 0.0211. The smallest absolute Gasteiger partial charge is 0.306 e. The van der Waals surface area contributed by atoms with Crippen molar-refractivity contribution in [3.05, 3.63) is 12.2 Å². The van der Waals surface area contributed by atoms with E-state index in [1.807, 2.05) is 21.1 Å². The lowest BCUT2D eigenvalue weighted by molar-refractivity contribution is -0.870. The number of carbonyl (C=O) groups is 2. The summed E-state index contributed by atoms with van der Waals surface area (Å²) in [7, 11) is 1.16. The van der Waals surface area contributed by atoms with Crippen molar-refractivity contribution in [2.24, 2.45) is 0 Å². The summed E-state index contributed by atoms with van der Waals surface area (Å²) in [6.45, 7) is 4.18. The topological polar surface area (TPSA) is 111 Å².